The van der Waals surface area contributed by atoms with Crippen molar-refractivity contribution < 1.29 is 9.18 Å². The molecular weight excluding hydrogens is 255 g/mol. The average molecular weight is 278 g/mol. The lowest BCUT2D eigenvalue weighted by molar-refractivity contribution is 0.0928. The molecule has 0 radical (unpaired) electrons. The van der Waals surface area contributed by atoms with Crippen LogP contribution in [-0.4, -0.2) is 55.4 Å². The van der Waals surface area contributed by atoms with Crippen LogP contribution in [0.3, 0.4) is 0 Å². The fourth-order valence-corrected chi connectivity index (χ4v) is 2.70. The molecule has 2 rings (SSSR count). The normalized spacial score (nSPS) is 20.3. The highest BCUT2D eigenvalue weighted by atomic mass is 19.1. The van der Waals surface area contributed by atoms with Gasteiger partial charge >= 0.3 is 0 Å². The predicted octanol–water partition coefficient (Wildman–Crippen LogP) is 2.42. The lowest BCUT2D eigenvalue weighted by atomic mass is 10.0. The topological polar surface area (TPSA) is 23.6 Å². The van der Waals surface area contributed by atoms with Gasteiger partial charge in [0, 0.05) is 31.1 Å². The number of rotatable bonds is 5. The van der Waals surface area contributed by atoms with Gasteiger partial charge in [-0.1, -0.05) is 0 Å². The number of likely N-dealkylation sites (N-methyl/N-ethyl adjacent to an activating group) is 1. The number of halogens is 1. The Morgan fingerprint density at radius 1 is 1.35 bits per heavy atom. The van der Waals surface area contributed by atoms with Crippen LogP contribution in [-0.2, 0) is 0 Å². The van der Waals surface area contributed by atoms with E-state index in [1.165, 1.54) is 25.0 Å². The summed E-state index contributed by atoms with van der Waals surface area (Å²) < 4.78 is 12.8. The molecule has 1 aliphatic rings. The minimum absolute atomic E-state index is 0.0944. The zero-order chi connectivity index (χ0) is 14.5. The van der Waals surface area contributed by atoms with Gasteiger partial charge in [0.05, 0.1) is 0 Å². The molecule has 3 nitrogen and oxygen atoms in total. The first-order chi connectivity index (χ1) is 9.56. The van der Waals surface area contributed by atoms with Gasteiger partial charge < -0.3 is 9.80 Å². The monoisotopic (exact) mass is 278 g/mol. The number of likely N-dealkylation sites (tertiary alicyclic amines) is 1. The van der Waals surface area contributed by atoms with Gasteiger partial charge in [-0.05, 0) is 57.7 Å². The summed E-state index contributed by atoms with van der Waals surface area (Å²) in [4.78, 5) is 16.7. The molecule has 4 heteroatoms. The number of Topliss-reactive ketones (excluding diaryl/α,β-unsaturated/α-hetero) is 1. The first-order valence-corrected chi connectivity index (χ1v) is 7.24. The molecule has 1 aliphatic heterocycles. The van der Waals surface area contributed by atoms with Crippen molar-refractivity contribution in [3.63, 3.8) is 0 Å². The summed E-state index contributed by atoms with van der Waals surface area (Å²) in [5, 5.41) is 0. The molecule has 1 fully saturated rings. The lowest BCUT2D eigenvalue weighted by Gasteiger charge is -2.36. The highest BCUT2D eigenvalue weighted by molar-refractivity contribution is 5.96. The highest BCUT2D eigenvalue weighted by Crippen LogP contribution is 2.14. The van der Waals surface area contributed by atoms with Gasteiger partial charge in [0.25, 0.3) is 0 Å². The number of benzene rings is 1. The number of hydrogen-bond donors (Lipinski definition) is 0. The van der Waals surface area contributed by atoms with E-state index in [-0.39, 0.29) is 11.6 Å². The van der Waals surface area contributed by atoms with Crippen LogP contribution in [0.5, 0.6) is 0 Å². The number of ketones is 1. The van der Waals surface area contributed by atoms with Gasteiger partial charge in [-0.3, -0.25) is 4.79 Å². The van der Waals surface area contributed by atoms with Crippen molar-refractivity contribution in [3.8, 4) is 0 Å². The molecule has 0 saturated carbocycles. The summed E-state index contributed by atoms with van der Waals surface area (Å²) in [6.45, 7) is 2.89. The summed E-state index contributed by atoms with van der Waals surface area (Å²) in [5.74, 6) is -0.205. The Kier molecular flexibility index (Phi) is 5.26. The smallest absolute Gasteiger partial charge is 0.164 e. The molecule has 0 N–H and O–H groups in total. The Hall–Kier alpha value is -1.26. The van der Waals surface area contributed by atoms with Crippen LogP contribution in [0.4, 0.5) is 4.39 Å². The minimum atomic E-state index is -0.300. The fourth-order valence-electron chi connectivity index (χ4n) is 2.70. The fraction of sp³-hybridized carbons (Fsp3) is 0.562. The summed E-state index contributed by atoms with van der Waals surface area (Å²) in [6, 6.07) is 6.41. The Morgan fingerprint density at radius 2 is 2.05 bits per heavy atom. The minimum Gasteiger partial charge on any atom is -0.305 e. The second kappa shape index (κ2) is 6.95. The molecule has 0 aliphatic carbocycles. The second-order valence-electron chi connectivity index (χ2n) is 5.74. The van der Waals surface area contributed by atoms with Crippen LogP contribution in [0.1, 0.15) is 29.6 Å². The van der Waals surface area contributed by atoms with Crippen molar-refractivity contribution in [1.82, 2.24) is 9.80 Å². The Bertz CT molecular complexity index is 444. The van der Waals surface area contributed by atoms with Crippen LogP contribution in [0.2, 0.25) is 0 Å². The standard InChI is InChI=1S/C16H23FN2O/c1-18(2)15-4-3-10-19(12-15)11-9-16(20)13-5-7-14(17)8-6-13/h5-8,15H,3-4,9-12H2,1-2H3. The molecule has 1 saturated heterocycles. The maximum absolute atomic E-state index is 12.8. The zero-order valence-electron chi connectivity index (χ0n) is 12.3. The molecule has 0 amide bonds. The van der Waals surface area contributed by atoms with Crippen molar-refractivity contribution in [2.24, 2.45) is 0 Å². The maximum atomic E-state index is 12.8. The molecule has 1 aromatic rings. The van der Waals surface area contributed by atoms with E-state index in [0.717, 1.165) is 19.6 Å². The molecule has 1 unspecified atom stereocenters. The van der Waals surface area contributed by atoms with E-state index >= 15 is 0 Å². The molecule has 0 aromatic heterocycles. The number of carbonyl (C=O) groups excluding carboxylic acids is 1. The van der Waals surface area contributed by atoms with Gasteiger partial charge in [0.1, 0.15) is 5.82 Å². The molecule has 1 heterocycles. The molecule has 1 atom stereocenters. The first kappa shape index (κ1) is 15.1. The third-order valence-corrected chi connectivity index (χ3v) is 4.03. The van der Waals surface area contributed by atoms with Crippen molar-refractivity contribution in [2.45, 2.75) is 25.3 Å². The Morgan fingerprint density at radius 3 is 2.70 bits per heavy atom. The van der Waals surface area contributed by atoms with Gasteiger partial charge in [0.15, 0.2) is 5.78 Å². The molecule has 0 bridgehead atoms. The van der Waals surface area contributed by atoms with Crippen LogP contribution < -0.4 is 0 Å². The van der Waals surface area contributed by atoms with Crippen LogP contribution in [0.15, 0.2) is 24.3 Å². The molecule has 1 aromatic carbocycles. The Labute approximate surface area is 120 Å². The third-order valence-electron chi connectivity index (χ3n) is 4.03. The molecule has 20 heavy (non-hydrogen) atoms. The van der Waals surface area contributed by atoms with E-state index in [1.807, 2.05) is 0 Å². The number of piperidine rings is 1. The molecule has 0 spiro atoms. The SMILES string of the molecule is CN(C)C1CCCN(CCC(=O)c2ccc(F)cc2)C1. The summed E-state index contributed by atoms with van der Waals surface area (Å²) in [7, 11) is 4.22. The average Bonchev–Trinajstić information content (AvgIpc) is 2.46. The van der Waals surface area contributed by atoms with Gasteiger partial charge in [-0.2, -0.15) is 0 Å². The van der Waals surface area contributed by atoms with Crippen LogP contribution in [0.25, 0.3) is 0 Å². The van der Waals surface area contributed by atoms with Crippen LogP contribution >= 0.6 is 0 Å². The highest BCUT2D eigenvalue weighted by Gasteiger charge is 2.21. The van der Waals surface area contributed by atoms with Crippen molar-refractivity contribution in [1.29, 1.82) is 0 Å². The van der Waals surface area contributed by atoms with Gasteiger partial charge in [-0.15, -0.1) is 0 Å². The third kappa shape index (κ3) is 4.12. The number of carbonyl (C=O) groups is 1. The zero-order valence-corrected chi connectivity index (χ0v) is 12.3. The largest absolute Gasteiger partial charge is 0.305 e. The number of hydrogen-bond acceptors (Lipinski definition) is 3. The maximum Gasteiger partial charge on any atom is 0.164 e. The van der Waals surface area contributed by atoms with Crippen molar-refractivity contribution >= 4 is 5.78 Å². The first-order valence-electron chi connectivity index (χ1n) is 7.24. The second-order valence-corrected chi connectivity index (χ2v) is 5.74. The van der Waals surface area contributed by atoms with E-state index < -0.39 is 0 Å². The summed E-state index contributed by atoms with van der Waals surface area (Å²) >= 11 is 0. The predicted molar refractivity (Wildman–Crippen MR) is 78.5 cm³/mol. The van der Waals surface area contributed by atoms with E-state index in [4.69, 9.17) is 0 Å². The summed E-state index contributed by atoms with van der Waals surface area (Å²) in [5.41, 5.74) is 0.604. The van der Waals surface area contributed by atoms with Gasteiger partial charge in [-0.25, -0.2) is 4.39 Å². The van der Waals surface area contributed by atoms with Crippen molar-refractivity contribution in [2.75, 3.05) is 33.7 Å². The van der Waals surface area contributed by atoms with Crippen molar-refractivity contribution in [3.05, 3.63) is 35.6 Å². The van der Waals surface area contributed by atoms with E-state index in [9.17, 15) is 9.18 Å². The van der Waals surface area contributed by atoms with E-state index in [0.29, 0.717) is 18.0 Å². The summed E-state index contributed by atoms with van der Waals surface area (Å²) in [6.07, 6.45) is 2.93. The lowest BCUT2D eigenvalue weighted by Crippen LogP contribution is -2.45. The Balaban J connectivity index is 1.82. The van der Waals surface area contributed by atoms with E-state index in [1.54, 1.807) is 12.1 Å². The van der Waals surface area contributed by atoms with E-state index in [2.05, 4.69) is 23.9 Å². The van der Waals surface area contributed by atoms with Crippen LogP contribution in [0, 0.1) is 5.82 Å². The van der Waals surface area contributed by atoms with Gasteiger partial charge in [0.2, 0.25) is 0 Å². The molecular formula is C16H23FN2O. The quantitative estimate of drug-likeness (QED) is 0.773. The number of nitrogens with zero attached hydrogens (tertiary/aromatic N) is 2. The molecule has 110 valence electrons.